The molecular formula is C15H17FN2O3. The van der Waals surface area contributed by atoms with Crippen LogP contribution < -0.4 is 5.56 Å². The number of fused-ring (bicyclic) bond motifs is 1. The van der Waals surface area contributed by atoms with Crippen LogP contribution >= 0.6 is 0 Å². The Kier molecular flexibility index (Phi) is 4.70. The lowest BCUT2D eigenvalue weighted by Crippen LogP contribution is -2.35. The molecule has 0 radical (unpaired) electrons. The molecule has 0 aliphatic rings. The Morgan fingerprint density at radius 2 is 2.10 bits per heavy atom. The number of hydrogen-bond acceptors (Lipinski definition) is 3. The molecule has 2 N–H and O–H groups in total. The minimum absolute atomic E-state index is 0.151. The van der Waals surface area contributed by atoms with E-state index in [1.807, 2.05) is 6.92 Å². The van der Waals surface area contributed by atoms with Crippen LogP contribution in [0.5, 0.6) is 0 Å². The number of hydrogen-bond donors (Lipinski definition) is 2. The Hall–Kier alpha value is -2.21. The second-order valence-electron chi connectivity index (χ2n) is 4.75. The minimum atomic E-state index is -0.483. The van der Waals surface area contributed by atoms with Crippen LogP contribution in [0.1, 0.15) is 23.7 Å². The molecule has 1 heterocycles. The number of nitrogens with one attached hydrogen (secondary N) is 1. The van der Waals surface area contributed by atoms with Gasteiger partial charge in [0, 0.05) is 24.5 Å². The monoisotopic (exact) mass is 292 g/mol. The molecule has 2 aromatic rings. The molecule has 0 atom stereocenters. The molecule has 1 amide bonds. The number of H-pyrrole nitrogens is 1. The summed E-state index contributed by atoms with van der Waals surface area (Å²) < 4.78 is 13.3. The number of carbonyl (C=O) groups excluding carboxylic acids is 1. The molecule has 0 aliphatic heterocycles. The van der Waals surface area contributed by atoms with Crippen LogP contribution in [0, 0.1) is 5.82 Å². The normalized spacial score (nSPS) is 10.8. The number of aromatic amines is 1. The zero-order chi connectivity index (χ0) is 15.4. The van der Waals surface area contributed by atoms with Gasteiger partial charge in [0.05, 0.1) is 17.7 Å². The summed E-state index contributed by atoms with van der Waals surface area (Å²) in [5.41, 5.74) is 0.0406. The van der Waals surface area contributed by atoms with Crippen LogP contribution in [0.25, 0.3) is 10.9 Å². The molecule has 0 unspecified atom stereocenters. The Labute approximate surface area is 121 Å². The number of halogens is 1. The average Bonchev–Trinajstić information content (AvgIpc) is 2.45. The number of nitrogens with zero attached hydrogens (tertiary/aromatic N) is 1. The molecule has 2 rings (SSSR count). The van der Waals surface area contributed by atoms with Crippen LogP contribution in [-0.4, -0.2) is 40.6 Å². The van der Waals surface area contributed by atoms with E-state index >= 15 is 0 Å². The van der Waals surface area contributed by atoms with Crippen molar-refractivity contribution >= 4 is 16.8 Å². The van der Waals surface area contributed by atoms with E-state index in [1.54, 1.807) is 0 Å². The number of aromatic nitrogens is 1. The van der Waals surface area contributed by atoms with Gasteiger partial charge in [-0.1, -0.05) is 6.92 Å². The molecule has 6 heteroatoms. The van der Waals surface area contributed by atoms with Gasteiger partial charge >= 0.3 is 0 Å². The molecule has 0 fully saturated rings. The van der Waals surface area contributed by atoms with Gasteiger partial charge in [0.2, 0.25) is 5.56 Å². The maximum Gasteiger partial charge on any atom is 0.254 e. The molecule has 5 nitrogen and oxygen atoms in total. The van der Waals surface area contributed by atoms with E-state index in [9.17, 15) is 14.0 Å². The highest BCUT2D eigenvalue weighted by Gasteiger charge is 2.18. The van der Waals surface area contributed by atoms with Gasteiger partial charge in [-0.3, -0.25) is 9.59 Å². The van der Waals surface area contributed by atoms with Crippen LogP contribution in [0.15, 0.2) is 29.1 Å². The van der Waals surface area contributed by atoms with E-state index in [4.69, 9.17) is 5.11 Å². The fraction of sp³-hybridized carbons (Fsp3) is 0.333. The summed E-state index contributed by atoms with van der Waals surface area (Å²) >= 11 is 0. The van der Waals surface area contributed by atoms with E-state index < -0.39 is 11.4 Å². The van der Waals surface area contributed by atoms with Crippen LogP contribution in [0.2, 0.25) is 0 Å². The maximum absolute atomic E-state index is 13.3. The topological polar surface area (TPSA) is 73.4 Å². The third-order valence-electron chi connectivity index (χ3n) is 3.19. The van der Waals surface area contributed by atoms with E-state index in [0.29, 0.717) is 11.9 Å². The Balaban J connectivity index is 2.54. The van der Waals surface area contributed by atoms with Gasteiger partial charge in [0.25, 0.3) is 5.91 Å². The molecule has 0 saturated carbocycles. The van der Waals surface area contributed by atoms with Crippen molar-refractivity contribution in [3.05, 3.63) is 46.0 Å². The van der Waals surface area contributed by atoms with Gasteiger partial charge in [-0.25, -0.2) is 4.39 Å². The zero-order valence-electron chi connectivity index (χ0n) is 11.7. The predicted octanol–water partition coefficient (Wildman–Crippen LogP) is 1.51. The summed E-state index contributed by atoms with van der Waals surface area (Å²) in [6.07, 6.45) is 0.738. The third kappa shape index (κ3) is 3.28. The second-order valence-corrected chi connectivity index (χ2v) is 4.75. The number of aliphatic hydroxyl groups is 1. The van der Waals surface area contributed by atoms with Gasteiger partial charge in [-0.15, -0.1) is 0 Å². The molecule has 0 bridgehead atoms. The molecule has 1 aromatic carbocycles. The smallest absolute Gasteiger partial charge is 0.254 e. The molecule has 21 heavy (non-hydrogen) atoms. The van der Waals surface area contributed by atoms with E-state index in [2.05, 4.69) is 4.98 Å². The molecule has 0 saturated heterocycles. The van der Waals surface area contributed by atoms with Gasteiger partial charge in [0.1, 0.15) is 5.82 Å². The zero-order valence-corrected chi connectivity index (χ0v) is 11.7. The summed E-state index contributed by atoms with van der Waals surface area (Å²) in [4.78, 5) is 28.2. The number of benzene rings is 1. The number of pyridine rings is 1. The first-order valence-electron chi connectivity index (χ1n) is 6.79. The lowest BCUT2D eigenvalue weighted by Gasteiger charge is -2.21. The van der Waals surface area contributed by atoms with Gasteiger partial charge < -0.3 is 15.0 Å². The third-order valence-corrected chi connectivity index (χ3v) is 3.19. The van der Waals surface area contributed by atoms with Crippen molar-refractivity contribution in [3.63, 3.8) is 0 Å². The number of rotatable bonds is 5. The summed E-state index contributed by atoms with van der Waals surface area (Å²) in [6, 6.07) is 5.11. The highest BCUT2D eigenvalue weighted by Crippen LogP contribution is 2.18. The largest absolute Gasteiger partial charge is 0.395 e. The fourth-order valence-corrected chi connectivity index (χ4v) is 2.29. The van der Waals surface area contributed by atoms with Crippen molar-refractivity contribution in [2.75, 3.05) is 19.7 Å². The highest BCUT2D eigenvalue weighted by atomic mass is 19.1. The number of carbonyl (C=O) groups is 1. The fourth-order valence-electron chi connectivity index (χ4n) is 2.29. The van der Waals surface area contributed by atoms with Crippen LogP contribution in [0.4, 0.5) is 4.39 Å². The predicted molar refractivity (Wildman–Crippen MR) is 77.8 cm³/mol. The molecular weight excluding hydrogens is 275 g/mol. The van der Waals surface area contributed by atoms with Gasteiger partial charge in [-0.2, -0.15) is 0 Å². The van der Waals surface area contributed by atoms with Gasteiger partial charge in [-0.05, 0) is 24.6 Å². The Morgan fingerprint density at radius 1 is 1.33 bits per heavy atom. The van der Waals surface area contributed by atoms with Crippen molar-refractivity contribution in [1.82, 2.24) is 9.88 Å². The van der Waals surface area contributed by atoms with E-state index in [-0.39, 0.29) is 30.1 Å². The first-order valence-corrected chi connectivity index (χ1v) is 6.79. The number of aliphatic hydroxyl groups excluding tert-OH is 1. The SMILES string of the molecule is CCCN(CCO)C(=O)c1cc(=O)[nH]c2cc(F)ccc12. The standard InChI is InChI=1S/C15H17FN2O3/c1-2-5-18(6-7-19)15(21)12-9-14(20)17-13-8-10(16)3-4-11(12)13/h3-4,8-9,19H,2,5-7H2,1H3,(H,17,20). The van der Waals surface area contributed by atoms with Crippen molar-refractivity contribution < 1.29 is 14.3 Å². The van der Waals surface area contributed by atoms with Gasteiger partial charge in [0.15, 0.2) is 0 Å². The maximum atomic E-state index is 13.3. The van der Waals surface area contributed by atoms with Crippen molar-refractivity contribution in [2.24, 2.45) is 0 Å². The molecule has 112 valence electrons. The molecule has 1 aromatic heterocycles. The first kappa shape index (κ1) is 15.2. The van der Waals surface area contributed by atoms with E-state index in [1.165, 1.54) is 29.2 Å². The lowest BCUT2D eigenvalue weighted by atomic mass is 10.1. The highest BCUT2D eigenvalue weighted by molar-refractivity contribution is 6.05. The lowest BCUT2D eigenvalue weighted by molar-refractivity contribution is 0.0723. The van der Waals surface area contributed by atoms with E-state index in [0.717, 1.165) is 6.42 Å². The number of amides is 1. The summed E-state index contributed by atoms with van der Waals surface area (Å²) in [5.74, 6) is -0.822. The Morgan fingerprint density at radius 3 is 2.76 bits per heavy atom. The second kappa shape index (κ2) is 6.49. The first-order chi connectivity index (χ1) is 10.1. The summed E-state index contributed by atoms with van der Waals surface area (Å²) in [7, 11) is 0. The van der Waals surface area contributed by atoms with Crippen LogP contribution in [-0.2, 0) is 0 Å². The molecule has 0 spiro atoms. The van der Waals surface area contributed by atoms with Crippen molar-refractivity contribution in [2.45, 2.75) is 13.3 Å². The quantitative estimate of drug-likeness (QED) is 0.877. The minimum Gasteiger partial charge on any atom is -0.395 e. The summed E-state index contributed by atoms with van der Waals surface area (Å²) in [5, 5.41) is 9.54. The van der Waals surface area contributed by atoms with Crippen molar-refractivity contribution in [3.8, 4) is 0 Å². The average molecular weight is 292 g/mol. The van der Waals surface area contributed by atoms with Crippen molar-refractivity contribution in [1.29, 1.82) is 0 Å². The Bertz CT molecular complexity index is 706. The molecule has 0 aliphatic carbocycles. The van der Waals surface area contributed by atoms with Crippen LogP contribution in [0.3, 0.4) is 0 Å². The summed E-state index contributed by atoms with van der Waals surface area (Å²) in [6.45, 7) is 2.45.